The number of fused-ring (bicyclic) bond motifs is 1. The van der Waals surface area contributed by atoms with E-state index in [-0.39, 0.29) is 6.42 Å². The van der Waals surface area contributed by atoms with Crippen molar-refractivity contribution in [2.75, 3.05) is 0 Å². The first kappa shape index (κ1) is 17.0. The molecule has 1 N–H and O–H groups in total. The van der Waals surface area contributed by atoms with Crippen molar-refractivity contribution in [3.05, 3.63) is 71.4 Å². The fraction of sp³-hybridized carbons (Fsp3) is 0.238. The number of carboxylic acid groups (broad SMARTS) is 1. The number of aromatic nitrogens is 1. The Balaban J connectivity index is 1.75. The van der Waals surface area contributed by atoms with Crippen molar-refractivity contribution < 1.29 is 14.6 Å². The Hall–Kier alpha value is -2.88. The molecule has 0 amide bonds. The monoisotopic (exact) mass is 335 g/mol. The van der Waals surface area contributed by atoms with Gasteiger partial charge in [0.1, 0.15) is 12.4 Å². The lowest BCUT2D eigenvalue weighted by Crippen LogP contribution is -2.05. The SMILES string of the molecule is CCCc1cc(OCc2ccc3ccccc3n2)ccc1CC(=O)O. The van der Waals surface area contributed by atoms with Gasteiger partial charge in [0.25, 0.3) is 0 Å². The van der Waals surface area contributed by atoms with E-state index in [0.29, 0.717) is 6.61 Å². The molecule has 3 rings (SSSR count). The van der Waals surface area contributed by atoms with Crippen LogP contribution >= 0.6 is 0 Å². The Morgan fingerprint density at radius 1 is 1.08 bits per heavy atom. The van der Waals surface area contributed by atoms with E-state index in [1.807, 2.05) is 54.6 Å². The van der Waals surface area contributed by atoms with Crippen LogP contribution in [-0.2, 0) is 24.2 Å². The minimum atomic E-state index is -0.814. The van der Waals surface area contributed by atoms with Gasteiger partial charge >= 0.3 is 5.97 Å². The molecule has 0 aliphatic rings. The molecule has 0 atom stereocenters. The molecule has 0 unspecified atom stereocenters. The van der Waals surface area contributed by atoms with Gasteiger partial charge in [-0.1, -0.05) is 43.7 Å². The van der Waals surface area contributed by atoms with Gasteiger partial charge in [-0.2, -0.15) is 0 Å². The van der Waals surface area contributed by atoms with Gasteiger partial charge in [0.05, 0.1) is 17.6 Å². The highest BCUT2D eigenvalue weighted by atomic mass is 16.5. The minimum absolute atomic E-state index is 0.0435. The van der Waals surface area contributed by atoms with Gasteiger partial charge in [-0.25, -0.2) is 4.98 Å². The van der Waals surface area contributed by atoms with Crippen LogP contribution in [0.5, 0.6) is 5.75 Å². The Morgan fingerprint density at radius 2 is 1.92 bits per heavy atom. The molecule has 0 saturated carbocycles. The van der Waals surface area contributed by atoms with Gasteiger partial charge in [0.2, 0.25) is 0 Å². The van der Waals surface area contributed by atoms with Crippen molar-refractivity contribution in [1.82, 2.24) is 4.98 Å². The molecule has 1 heterocycles. The molecule has 0 saturated heterocycles. The fourth-order valence-corrected chi connectivity index (χ4v) is 2.88. The lowest BCUT2D eigenvalue weighted by Gasteiger charge is -2.11. The van der Waals surface area contributed by atoms with Gasteiger partial charge < -0.3 is 9.84 Å². The second-order valence-corrected chi connectivity index (χ2v) is 6.03. The summed E-state index contributed by atoms with van der Waals surface area (Å²) in [6, 6.07) is 17.6. The maximum absolute atomic E-state index is 11.0. The van der Waals surface area contributed by atoms with E-state index in [1.165, 1.54) is 0 Å². The molecule has 0 aliphatic heterocycles. The molecule has 0 spiro atoms. The van der Waals surface area contributed by atoms with Gasteiger partial charge in [0.15, 0.2) is 0 Å². The number of benzene rings is 2. The number of para-hydroxylation sites is 1. The summed E-state index contributed by atoms with van der Waals surface area (Å²) in [6.45, 7) is 2.46. The summed E-state index contributed by atoms with van der Waals surface area (Å²) in [4.78, 5) is 15.6. The van der Waals surface area contributed by atoms with Crippen molar-refractivity contribution in [1.29, 1.82) is 0 Å². The molecule has 1 aromatic heterocycles. The molecule has 0 radical (unpaired) electrons. The molecular weight excluding hydrogens is 314 g/mol. The molecule has 0 aliphatic carbocycles. The first-order valence-electron chi connectivity index (χ1n) is 8.47. The van der Waals surface area contributed by atoms with Crippen LogP contribution in [0.2, 0.25) is 0 Å². The molecule has 25 heavy (non-hydrogen) atoms. The summed E-state index contributed by atoms with van der Waals surface area (Å²) in [7, 11) is 0. The van der Waals surface area contributed by atoms with E-state index in [1.54, 1.807) is 0 Å². The number of hydrogen-bond donors (Lipinski definition) is 1. The third-order valence-electron chi connectivity index (χ3n) is 4.08. The topological polar surface area (TPSA) is 59.4 Å². The van der Waals surface area contributed by atoms with E-state index < -0.39 is 5.97 Å². The zero-order valence-corrected chi connectivity index (χ0v) is 14.2. The first-order valence-corrected chi connectivity index (χ1v) is 8.47. The molecule has 0 bridgehead atoms. The van der Waals surface area contributed by atoms with Crippen molar-refractivity contribution >= 4 is 16.9 Å². The summed E-state index contributed by atoms with van der Waals surface area (Å²) < 4.78 is 5.88. The maximum Gasteiger partial charge on any atom is 0.307 e. The Morgan fingerprint density at radius 3 is 2.72 bits per heavy atom. The number of aryl methyl sites for hydroxylation is 1. The third kappa shape index (κ3) is 4.35. The summed E-state index contributed by atoms with van der Waals surface area (Å²) >= 11 is 0. The molecule has 128 valence electrons. The summed E-state index contributed by atoms with van der Waals surface area (Å²) in [5.41, 5.74) is 3.71. The average Bonchev–Trinajstić information content (AvgIpc) is 2.61. The van der Waals surface area contributed by atoms with Gasteiger partial charge in [-0.3, -0.25) is 4.79 Å². The lowest BCUT2D eigenvalue weighted by molar-refractivity contribution is -0.136. The number of pyridine rings is 1. The zero-order valence-electron chi connectivity index (χ0n) is 14.2. The lowest BCUT2D eigenvalue weighted by atomic mass is 10.0. The maximum atomic E-state index is 11.0. The standard InChI is InChI=1S/C21H21NO3/c1-2-5-16-12-19(11-9-17(16)13-21(23)24)25-14-18-10-8-15-6-3-4-7-20(15)22-18/h3-4,6-12H,2,5,13-14H2,1H3,(H,23,24). The Labute approximate surface area is 147 Å². The second kappa shape index (κ2) is 7.79. The number of rotatable bonds is 7. The molecule has 0 fully saturated rings. The fourth-order valence-electron chi connectivity index (χ4n) is 2.88. The quantitative estimate of drug-likeness (QED) is 0.695. The van der Waals surface area contributed by atoms with Crippen LogP contribution < -0.4 is 4.74 Å². The highest BCUT2D eigenvalue weighted by molar-refractivity contribution is 5.78. The highest BCUT2D eigenvalue weighted by Crippen LogP contribution is 2.21. The van der Waals surface area contributed by atoms with E-state index in [2.05, 4.69) is 11.9 Å². The summed E-state index contributed by atoms with van der Waals surface area (Å²) in [5.74, 6) is -0.0704. The number of carbonyl (C=O) groups is 1. The van der Waals surface area contributed by atoms with Gasteiger partial charge in [-0.15, -0.1) is 0 Å². The van der Waals surface area contributed by atoms with Crippen LogP contribution in [0.4, 0.5) is 0 Å². The summed E-state index contributed by atoms with van der Waals surface area (Å²) in [5, 5.41) is 10.1. The Bertz CT molecular complexity index is 889. The number of hydrogen-bond acceptors (Lipinski definition) is 3. The largest absolute Gasteiger partial charge is 0.487 e. The van der Waals surface area contributed by atoms with Crippen molar-refractivity contribution in [3.63, 3.8) is 0 Å². The van der Waals surface area contributed by atoms with E-state index in [0.717, 1.165) is 46.3 Å². The summed E-state index contributed by atoms with van der Waals surface area (Å²) in [6.07, 6.45) is 1.85. The predicted octanol–water partition coefficient (Wildman–Crippen LogP) is 4.39. The number of carboxylic acids is 1. The van der Waals surface area contributed by atoms with Gasteiger partial charge in [-0.05, 0) is 41.8 Å². The van der Waals surface area contributed by atoms with E-state index in [9.17, 15) is 4.79 Å². The molecular formula is C21H21NO3. The van der Waals surface area contributed by atoms with Crippen LogP contribution in [0.3, 0.4) is 0 Å². The number of aliphatic carboxylic acids is 1. The van der Waals surface area contributed by atoms with Crippen LogP contribution in [0, 0.1) is 0 Å². The van der Waals surface area contributed by atoms with Crippen molar-refractivity contribution in [2.24, 2.45) is 0 Å². The van der Waals surface area contributed by atoms with Crippen LogP contribution in [0.25, 0.3) is 10.9 Å². The third-order valence-corrected chi connectivity index (χ3v) is 4.08. The van der Waals surface area contributed by atoms with Crippen LogP contribution in [0.15, 0.2) is 54.6 Å². The first-order chi connectivity index (χ1) is 12.2. The minimum Gasteiger partial charge on any atom is -0.487 e. The van der Waals surface area contributed by atoms with Gasteiger partial charge in [0, 0.05) is 5.39 Å². The average molecular weight is 335 g/mol. The highest BCUT2D eigenvalue weighted by Gasteiger charge is 2.08. The smallest absolute Gasteiger partial charge is 0.307 e. The normalized spacial score (nSPS) is 10.8. The van der Waals surface area contributed by atoms with E-state index in [4.69, 9.17) is 9.84 Å². The Kier molecular flexibility index (Phi) is 5.29. The second-order valence-electron chi connectivity index (χ2n) is 6.03. The van der Waals surface area contributed by atoms with E-state index >= 15 is 0 Å². The molecule has 4 heteroatoms. The van der Waals surface area contributed by atoms with Crippen molar-refractivity contribution in [2.45, 2.75) is 32.8 Å². The van der Waals surface area contributed by atoms with Crippen LogP contribution in [0.1, 0.15) is 30.2 Å². The molecule has 3 aromatic rings. The predicted molar refractivity (Wildman–Crippen MR) is 97.9 cm³/mol. The van der Waals surface area contributed by atoms with Crippen molar-refractivity contribution in [3.8, 4) is 5.75 Å². The molecule has 2 aromatic carbocycles. The molecule has 4 nitrogen and oxygen atoms in total. The zero-order chi connectivity index (χ0) is 17.6. The van der Waals surface area contributed by atoms with Crippen LogP contribution in [-0.4, -0.2) is 16.1 Å². The number of ether oxygens (including phenoxy) is 1. The number of nitrogens with zero attached hydrogens (tertiary/aromatic N) is 1.